The molecule has 0 spiro atoms. The maximum Gasteiger partial charge on any atom is 0.412 e. The zero-order valence-corrected chi connectivity index (χ0v) is 24.2. The van der Waals surface area contributed by atoms with E-state index in [1.165, 1.54) is 4.90 Å². The first kappa shape index (κ1) is 28.1. The quantitative estimate of drug-likeness (QED) is 0.274. The van der Waals surface area contributed by atoms with Gasteiger partial charge in [-0.1, -0.05) is 39.0 Å². The molecule has 3 rings (SSSR count). The van der Waals surface area contributed by atoms with Crippen LogP contribution in [0.1, 0.15) is 75.1 Å². The van der Waals surface area contributed by atoms with E-state index in [1.54, 1.807) is 29.2 Å². The molecule has 0 aromatic heterocycles. The van der Waals surface area contributed by atoms with Crippen molar-refractivity contribution in [1.29, 1.82) is 0 Å². The Hall–Kier alpha value is -2.45. The summed E-state index contributed by atoms with van der Waals surface area (Å²) in [6, 6.07) is 6.90. The summed E-state index contributed by atoms with van der Waals surface area (Å²) >= 11 is 0. The molecule has 2 aliphatic rings. The topological polar surface area (TPSA) is 76.2 Å². The highest BCUT2D eigenvalue weighted by atomic mass is 28.3. The van der Waals surface area contributed by atoms with Gasteiger partial charge in [-0.05, 0) is 63.8 Å². The average Bonchev–Trinajstić information content (AvgIpc) is 3.25. The molecule has 36 heavy (non-hydrogen) atoms. The zero-order valence-electron chi connectivity index (χ0n) is 23.1. The molecule has 1 aromatic rings. The predicted molar refractivity (Wildman–Crippen MR) is 143 cm³/mol. The van der Waals surface area contributed by atoms with Crippen LogP contribution in [0.15, 0.2) is 36.9 Å². The second kappa shape index (κ2) is 10.1. The second-order valence-corrected chi connectivity index (χ2v) is 14.6. The van der Waals surface area contributed by atoms with Gasteiger partial charge < -0.3 is 9.16 Å². The zero-order chi connectivity index (χ0) is 27.1. The smallest absolute Gasteiger partial charge is 0.412 e. The number of rotatable bonds is 7. The van der Waals surface area contributed by atoms with Crippen LogP contribution in [0.25, 0.3) is 0 Å². The lowest BCUT2D eigenvalue weighted by Gasteiger charge is -2.45. The molecule has 3 atom stereocenters. The first-order chi connectivity index (χ1) is 16.6. The Kier molecular flexibility index (Phi) is 7.91. The highest BCUT2D eigenvalue weighted by Gasteiger charge is 2.56. The molecular weight excluding hydrogens is 472 g/mol. The largest absolute Gasteiger partial charge is 0.444 e. The summed E-state index contributed by atoms with van der Waals surface area (Å²) in [5, 5.41) is 0. The molecule has 1 fully saturated rings. The van der Waals surface area contributed by atoms with Gasteiger partial charge in [-0.2, -0.15) is 0 Å². The number of fused-ring (bicyclic) bond motifs is 1. The van der Waals surface area contributed by atoms with E-state index in [2.05, 4.69) is 40.4 Å². The van der Waals surface area contributed by atoms with Crippen LogP contribution in [-0.2, 0) is 9.16 Å². The molecule has 2 heterocycles. The summed E-state index contributed by atoms with van der Waals surface area (Å²) in [5.41, 5.74) is -0.787. The van der Waals surface area contributed by atoms with Crippen molar-refractivity contribution in [3.8, 4) is 0 Å². The number of imide groups is 1. The number of hydrogen-bond donors (Lipinski definition) is 0. The Morgan fingerprint density at radius 1 is 1.14 bits per heavy atom. The maximum atomic E-state index is 13.6. The Balaban J connectivity index is 1.95. The standard InChI is InChI=1S/C28H42N2O5Si/c1-10-19(15-16-29-23(31)21-13-11-12-14-22(21)24(29)32)28(35-36(8)9)17-20(26(2,3)4)18-30(28)25(33)34-27(5,6)7/h10-14,19-20,36H,1,15-18H2,2-9H3/t19?,20-,28-/m0/s1. The van der Waals surface area contributed by atoms with Crippen molar-refractivity contribution in [2.75, 3.05) is 13.1 Å². The van der Waals surface area contributed by atoms with Gasteiger partial charge in [-0.25, -0.2) is 4.79 Å². The van der Waals surface area contributed by atoms with Crippen LogP contribution >= 0.6 is 0 Å². The van der Waals surface area contributed by atoms with Crippen molar-refractivity contribution >= 4 is 26.9 Å². The molecule has 0 radical (unpaired) electrons. The van der Waals surface area contributed by atoms with E-state index in [4.69, 9.17) is 9.16 Å². The lowest BCUT2D eigenvalue weighted by Crippen LogP contribution is -2.57. The molecule has 0 saturated carbocycles. The fourth-order valence-corrected chi connectivity index (χ4v) is 6.44. The average molecular weight is 515 g/mol. The summed E-state index contributed by atoms with van der Waals surface area (Å²) in [5.74, 6) is -0.680. The van der Waals surface area contributed by atoms with E-state index in [0.717, 1.165) is 0 Å². The molecule has 2 aliphatic heterocycles. The minimum absolute atomic E-state index is 0.0574. The van der Waals surface area contributed by atoms with Gasteiger partial charge in [0.25, 0.3) is 11.8 Å². The predicted octanol–water partition coefficient (Wildman–Crippen LogP) is 5.47. The summed E-state index contributed by atoms with van der Waals surface area (Å²) in [4.78, 5) is 42.6. The number of carbonyl (C=O) groups excluding carboxylic acids is 3. The third-order valence-corrected chi connectivity index (χ3v) is 7.96. The molecule has 0 aliphatic carbocycles. The van der Waals surface area contributed by atoms with Crippen LogP contribution in [0.2, 0.25) is 13.1 Å². The number of nitrogens with zero attached hydrogens (tertiary/aromatic N) is 2. The monoisotopic (exact) mass is 514 g/mol. The van der Waals surface area contributed by atoms with Gasteiger partial charge in [0.2, 0.25) is 0 Å². The molecule has 1 aromatic carbocycles. The Bertz CT molecular complexity index is 991. The maximum absolute atomic E-state index is 13.6. The van der Waals surface area contributed by atoms with Crippen LogP contribution < -0.4 is 0 Å². The van der Waals surface area contributed by atoms with Gasteiger partial charge in [0.15, 0.2) is 9.04 Å². The first-order valence-corrected chi connectivity index (χ1v) is 15.6. The van der Waals surface area contributed by atoms with Crippen molar-refractivity contribution in [3.05, 3.63) is 48.0 Å². The highest BCUT2D eigenvalue weighted by molar-refractivity contribution is 6.48. The van der Waals surface area contributed by atoms with Gasteiger partial charge in [0, 0.05) is 25.4 Å². The van der Waals surface area contributed by atoms with Crippen molar-refractivity contribution in [3.63, 3.8) is 0 Å². The minimum Gasteiger partial charge on any atom is -0.444 e. The summed E-state index contributed by atoms with van der Waals surface area (Å²) < 4.78 is 12.6. The second-order valence-electron chi connectivity index (χ2n) is 12.3. The number of likely N-dealkylation sites (tertiary alicyclic amines) is 1. The highest BCUT2D eigenvalue weighted by Crippen LogP contribution is 2.48. The minimum atomic E-state index is -1.65. The van der Waals surface area contributed by atoms with Gasteiger partial charge in [0.1, 0.15) is 11.3 Å². The molecule has 7 nitrogen and oxygen atoms in total. The number of carbonyl (C=O) groups is 3. The molecule has 1 saturated heterocycles. The number of ether oxygens (including phenoxy) is 1. The number of benzene rings is 1. The van der Waals surface area contributed by atoms with E-state index in [9.17, 15) is 14.4 Å². The molecule has 0 bridgehead atoms. The third-order valence-electron chi connectivity index (χ3n) is 7.08. The van der Waals surface area contributed by atoms with Gasteiger partial charge in [-0.3, -0.25) is 19.4 Å². The molecular formula is C28H42N2O5Si. The molecule has 198 valence electrons. The Morgan fingerprint density at radius 2 is 1.69 bits per heavy atom. The van der Waals surface area contributed by atoms with E-state index < -0.39 is 26.5 Å². The van der Waals surface area contributed by atoms with E-state index in [1.807, 2.05) is 26.8 Å². The molecule has 0 N–H and O–H groups in total. The fraction of sp³-hybridized carbons (Fsp3) is 0.607. The number of amides is 3. The summed E-state index contributed by atoms with van der Waals surface area (Å²) in [7, 11) is -1.65. The Morgan fingerprint density at radius 3 is 2.14 bits per heavy atom. The third kappa shape index (κ3) is 5.59. The van der Waals surface area contributed by atoms with Crippen LogP contribution in [0, 0.1) is 17.3 Å². The van der Waals surface area contributed by atoms with E-state index in [-0.39, 0.29) is 35.6 Å². The summed E-state index contributed by atoms with van der Waals surface area (Å²) in [6.07, 6.45) is 2.49. The fourth-order valence-electron chi connectivity index (χ4n) is 5.23. The van der Waals surface area contributed by atoms with Crippen molar-refractivity contribution in [2.24, 2.45) is 17.3 Å². The van der Waals surface area contributed by atoms with Crippen LogP contribution in [0.3, 0.4) is 0 Å². The normalized spacial score (nSPS) is 23.3. The molecule has 1 unspecified atom stereocenters. The lowest BCUT2D eigenvalue weighted by atomic mass is 9.77. The van der Waals surface area contributed by atoms with Gasteiger partial charge >= 0.3 is 6.09 Å². The van der Waals surface area contributed by atoms with Gasteiger partial charge in [0.05, 0.1) is 11.1 Å². The SMILES string of the molecule is C=CC(CCN1C(=O)c2ccccc2C1=O)[C@@]1(O[SiH](C)C)C[C@H](C(C)(C)C)CN1C(=O)OC(C)(C)C. The first-order valence-electron chi connectivity index (χ1n) is 12.9. The molecule has 3 amide bonds. The number of hydrogen-bond acceptors (Lipinski definition) is 5. The van der Waals surface area contributed by atoms with E-state index >= 15 is 0 Å². The Labute approximate surface area is 217 Å². The van der Waals surface area contributed by atoms with Crippen LogP contribution in [0.5, 0.6) is 0 Å². The van der Waals surface area contributed by atoms with Crippen molar-refractivity contribution in [1.82, 2.24) is 9.80 Å². The summed E-state index contributed by atoms with van der Waals surface area (Å²) in [6.45, 7) is 21.1. The van der Waals surface area contributed by atoms with Crippen LogP contribution in [-0.4, -0.2) is 61.2 Å². The lowest BCUT2D eigenvalue weighted by molar-refractivity contribution is -0.0956. The molecule has 8 heteroatoms. The van der Waals surface area contributed by atoms with Crippen molar-refractivity contribution < 1.29 is 23.5 Å². The van der Waals surface area contributed by atoms with E-state index in [0.29, 0.717) is 30.5 Å². The van der Waals surface area contributed by atoms with Crippen molar-refractivity contribution in [2.45, 2.75) is 78.8 Å². The van der Waals surface area contributed by atoms with Crippen LogP contribution in [0.4, 0.5) is 4.79 Å². The van der Waals surface area contributed by atoms with Gasteiger partial charge in [-0.15, -0.1) is 6.58 Å².